The molecule has 45 heavy (non-hydrogen) atoms. The van der Waals surface area contributed by atoms with Crippen molar-refractivity contribution in [3.63, 3.8) is 0 Å². The van der Waals surface area contributed by atoms with Crippen LogP contribution >= 0.6 is 0 Å². The molecular weight excluding hydrogens is 569 g/mol. The summed E-state index contributed by atoms with van der Waals surface area (Å²) in [5, 5.41) is 17.3. The lowest BCUT2D eigenvalue weighted by Gasteiger charge is -2.32. The number of halogens is 1. The summed E-state index contributed by atoms with van der Waals surface area (Å²) < 4.78 is 15.3. The highest BCUT2D eigenvalue weighted by Gasteiger charge is 2.22. The highest BCUT2D eigenvalue weighted by Crippen LogP contribution is 2.37. The fourth-order valence-corrected chi connectivity index (χ4v) is 5.64. The van der Waals surface area contributed by atoms with Crippen LogP contribution in [0.3, 0.4) is 0 Å². The molecule has 1 aliphatic heterocycles. The Labute approximate surface area is 258 Å². The molecule has 0 aliphatic carbocycles. The van der Waals surface area contributed by atoms with E-state index in [0.29, 0.717) is 46.0 Å². The molecule has 6 heterocycles. The fraction of sp³-hybridized carbons (Fsp3) is 0.182. The number of benzene rings is 1. The number of aromatic nitrogens is 7. The quantitative estimate of drug-likeness (QED) is 0.258. The summed E-state index contributed by atoms with van der Waals surface area (Å²) in [7, 11) is 0. The van der Waals surface area contributed by atoms with E-state index in [1.165, 1.54) is 17.8 Å². The molecular formula is C33H28FN11. The Morgan fingerprint density at radius 3 is 2.53 bits per heavy atom. The van der Waals surface area contributed by atoms with Crippen molar-refractivity contribution < 1.29 is 4.39 Å². The van der Waals surface area contributed by atoms with Crippen molar-refractivity contribution in [1.82, 2.24) is 39.4 Å². The first-order valence-electron chi connectivity index (χ1n) is 14.6. The summed E-state index contributed by atoms with van der Waals surface area (Å²) in [4.78, 5) is 24.0. The number of nitrogens with zero attached hydrogens (tertiary/aromatic N) is 9. The molecule has 0 radical (unpaired) electrons. The molecule has 7 rings (SSSR count). The van der Waals surface area contributed by atoms with Gasteiger partial charge in [0.2, 0.25) is 5.82 Å². The largest absolute Gasteiger partial charge is 0.383 e. The lowest BCUT2D eigenvalue weighted by molar-refractivity contribution is 0.211. The van der Waals surface area contributed by atoms with Crippen LogP contribution in [-0.2, 0) is 6.54 Å². The van der Waals surface area contributed by atoms with E-state index in [4.69, 9.17) is 21.1 Å². The highest BCUT2D eigenvalue weighted by molar-refractivity contribution is 5.93. The van der Waals surface area contributed by atoms with E-state index in [2.05, 4.69) is 54.4 Å². The standard InChI is InChI=1S/C33H28FN11/c34-23-7-8-26(39-19-23)27-12-17-45-33(41-27)30(31(43-45)25-2-1-13-38-32(25)36)22-5-3-21(4-6-22)20-44-15-10-24(11-16-44)40-28-9-14-37-29(18-35)42-28/h1-9,12-14,17,19,24H,10-11,15-16,20H2,(H2,36,38)(H,37,40,42). The van der Waals surface area contributed by atoms with Crippen LogP contribution in [0.25, 0.3) is 39.4 Å². The third kappa shape index (κ3) is 5.89. The van der Waals surface area contributed by atoms with Gasteiger partial charge in [0.05, 0.1) is 23.1 Å². The molecule has 0 unspecified atom stereocenters. The van der Waals surface area contributed by atoms with E-state index in [-0.39, 0.29) is 5.82 Å². The van der Waals surface area contributed by atoms with E-state index in [1.54, 1.807) is 35.1 Å². The van der Waals surface area contributed by atoms with Crippen molar-refractivity contribution in [3.05, 3.63) is 103 Å². The number of nitrogen functional groups attached to an aromatic ring is 1. The van der Waals surface area contributed by atoms with Crippen molar-refractivity contribution >= 4 is 17.3 Å². The molecule has 1 saturated heterocycles. The summed E-state index contributed by atoms with van der Waals surface area (Å²) in [5.41, 5.74) is 12.4. The first kappa shape index (κ1) is 28.0. The zero-order valence-electron chi connectivity index (χ0n) is 24.2. The number of anilines is 2. The maximum absolute atomic E-state index is 13.5. The van der Waals surface area contributed by atoms with Gasteiger partial charge >= 0.3 is 0 Å². The second kappa shape index (κ2) is 12.1. The van der Waals surface area contributed by atoms with Crippen molar-refractivity contribution in [3.8, 4) is 39.8 Å². The van der Waals surface area contributed by atoms with Crippen LogP contribution in [0.5, 0.6) is 0 Å². The minimum absolute atomic E-state index is 0.169. The van der Waals surface area contributed by atoms with Gasteiger partial charge in [0.15, 0.2) is 5.65 Å². The number of nitrogens with two attached hydrogens (primary N) is 1. The van der Waals surface area contributed by atoms with Gasteiger partial charge in [-0.1, -0.05) is 24.3 Å². The van der Waals surface area contributed by atoms with Gasteiger partial charge in [-0.15, -0.1) is 0 Å². The van der Waals surface area contributed by atoms with Crippen molar-refractivity contribution in [1.29, 1.82) is 5.26 Å². The maximum atomic E-state index is 13.5. The number of rotatable bonds is 7. The Morgan fingerprint density at radius 2 is 1.78 bits per heavy atom. The van der Waals surface area contributed by atoms with Crippen LogP contribution in [0.4, 0.5) is 16.0 Å². The third-order valence-corrected chi connectivity index (χ3v) is 7.91. The number of hydrogen-bond donors (Lipinski definition) is 2. The van der Waals surface area contributed by atoms with Gasteiger partial charge in [0.25, 0.3) is 0 Å². The first-order valence-corrected chi connectivity index (χ1v) is 14.6. The average molecular weight is 598 g/mol. The average Bonchev–Trinajstić information content (AvgIpc) is 3.45. The van der Waals surface area contributed by atoms with Crippen LogP contribution in [-0.4, -0.2) is 58.6 Å². The number of piperidine rings is 1. The van der Waals surface area contributed by atoms with Gasteiger partial charge in [-0.05, 0) is 60.4 Å². The molecule has 0 spiro atoms. The van der Waals surface area contributed by atoms with Crippen molar-refractivity contribution in [2.75, 3.05) is 24.1 Å². The van der Waals surface area contributed by atoms with Gasteiger partial charge in [-0.3, -0.25) is 9.88 Å². The van der Waals surface area contributed by atoms with Gasteiger partial charge in [-0.2, -0.15) is 10.4 Å². The molecule has 11 nitrogen and oxygen atoms in total. The topological polar surface area (TPSA) is 147 Å². The highest BCUT2D eigenvalue weighted by atomic mass is 19.1. The summed E-state index contributed by atoms with van der Waals surface area (Å²) >= 11 is 0. The lowest BCUT2D eigenvalue weighted by Crippen LogP contribution is -2.38. The molecule has 0 saturated carbocycles. The normalized spacial score (nSPS) is 14.0. The minimum atomic E-state index is -0.405. The number of nitrogens with one attached hydrogen (secondary N) is 1. The minimum Gasteiger partial charge on any atom is -0.383 e. The molecule has 0 bridgehead atoms. The second-order valence-electron chi connectivity index (χ2n) is 10.9. The van der Waals surface area contributed by atoms with E-state index in [0.717, 1.165) is 43.6 Å². The zero-order valence-corrected chi connectivity index (χ0v) is 24.2. The number of hydrogen-bond acceptors (Lipinski definition) is 10. The van der Waals surface area contributed by atoms with E-state index >= 15 is 0 Å². The molecule has 12 heteroatoms. The van der Waals surface area contributed by atoms with Crippen molar-refractivity contribution in [2.24, 2.45) is 0 Å². The monoisotopic (exact) mass is 597 g/mol. The number of fused-ring (bicyclic) bond motifs is 1. The third-order valence-electron chi connectivity index (χ3n) is 7.91. The molecule has 0 atom stereocenters. The first-order chi connectivity index (χ1) is 22.0. The van der Waals surface area contributed by atoms with E-state index in [1.807, 2.05) is 24.4 Å². The predicted molar refractivity (Wildman–Crippen MR) is 168 cm³/mol. The summed E-state index contributed by atoms with van der Waals surface area (Å²) in [5.74, 6) is 0.827. The summed E-state index contributed by atoms with van der Waals surface area (Å²) in [6.07, 6.45) is 8.20. The Hall–Kier alpha value is -5.80. The molecule has 1 fully saturated rings. The van der Waals surface area contributed by atoms with Crippen LogP contribution in [0.1, 0.15) is 24.2 Å². The fourth-order valence-electron chi connectivity index (χ4n) is 5.64. The van der Waals surface area contributed by atoms with Gasteiger partial charge in [0.1, 0.15) is 29.2 Å². The van der Waals surface area contributed by atoms with Crippen LogP contribution in [0, 0.1) is 17.1 Å². The smallest absolute Gasteiger partial charge is 0.234 e. The maximum Gasteiger partial charge on any atom is 0.234 e. The van der Waals surface area contributed by atoms with Gasteiger partial charge in [0, 0.05) is 49.8 Å². The predicted octanol–water partition coefficient (Wildman–Crippen LogP) is 4.98. The molecule has 6 aromatic rings. The van der Waals surface area contributed by atoms with Crippen LogP contribution in [0.15, 0.2) is 85.5 Å². The lowest BCUT2D eigenvalue weighted by atomic mass is 9.99. The number of nitriles is 1. The number of pyridine rings is 2. The van der Waals surface area contributed by atoms with Gasteiger partial charge < -0.3 is 11.1 Å². The molecule has 3 N–H and O–H groups in total. The van der Waals surface area contributed by atoms with Crippen LogP contribution < -0.4 is 11.1 Å². The Kier molecular flexibility index (Phi) is 7.51. The molecule has 1 aromatic carbocycles. The Morgan fingerprint density at radius 1 is 0.933 bits per heavy atom. The molecule has 1 aliphatic rings. The van der Waals surface area contributed by atoms with Gasteiger partial charge in [-0.25, -0.2) is 28.8 Å². The molecule has 222 valence electrons. The van der Waals surface area contributed by atoms with E-state index < -0.39 is 5.82 Å². The Bertz CT molecular complexity index is 2010. The SMILES string of the molecule is N#Cc1nccc(NC2CCN(Cc3ccc(-c4c(-c5cccnc5N)nn5ccc(-c6ccc(F)cn6)nc45)cc3)CC2)n1. The Balaban J connectivity index is 1.13. The molecule has 5 aromatic heterocycles. The second-order valence-corrected chi connectivity index (χ2v) is 10.9. The molecule has 0 amide bonds. The van der Waals surface area contributed by atoms with E-state index in [9.17, 15) is 4.39 Å². The van der Waals surface area contributed by atoms with Crippen molar-refractivity contribution in [2.45, 2.75) is 25.4 Å². The summed E-state index contributed by atoms with van der Waals surface area (Å²) in [6.45, 7) is 2.71. The number of likely N-dealkylation sites (tertiary alicyclic amines) is 1. The zero-order chi connectivity index (χ0) is 30.8. The van der Waals surface area contributed by atoms with Crippen LogP contribution in [0.2, 0.25) is 0 Å². The summed E-state index contributed by atoms with van der Waals surface area (Å²) in [6, 6.07) is 21.0.